The lowest BCUT2D eigenvalue weighted by Crippen LogP contribution is -2.31. The fourth-order valence-electron chi connectivity index (χ4n) is 3.19. The van der Waals surface area contributed by atoms with Crippen LogP contribution in [0.25, 0.3) is 10.9 Å². The van der Waals surface area contributed by atoms with Gasteiger partial charge < -0.3 is 0 Å². The fraction of sp³-hybridized carbons (Fsp3) is 0.316. The third kappa shape index (κ3) is 3.50. The van der Waals surface area contributed by atoms with Crippen LogP contribution in [0.2, 0.25) is 0 Å². The highest BCUT2D eigenvalue weighted by Gasteiger charge is 2.32. The molecule has 0 radical (unpaired) electrons. The molecule has 2 aromatic heterocycles. The predicted octanol–water partition coefficient (Wildman–Crippen LogP) is 5.24. The topological polar surface area (TPSA) is 38.1 Å². The number of thiazole rings is 1. The maximum absolute atomic E-state index is 13.9. The van der Waals surface area contributed by atoms with Crippen LogP contribution in [0, 0.1) is 11.6 Å². The van der Waals surface area contributed by atoms with Crippen molar-refractivity contribution in [1.82, 2.24) is 9.97 Å². The van der Waals surface area contributed by atoms with Crippen molar-refractivity contribution in [2.24, 2.45) is 4.99 Å². The third-order valence-corrected chi connectivity index (χ3v) is 6.37. The lowest BCUT2D eigenvalue weighted by molar-refractivity contribution is 0.515. The maximum atomic E-state index is 13.9. The molecule has 0 fully saturated rings. The van der Waals surface area contributed by atoms with Gasteiger partial charge >= 0.3 is 0 Å². The molecule has 0 bridgehead atoms. The van der Waals surface area contributed by atoms with E-state index in [-0.39, 0.29) is 16.3 Å². The van der Waals surface area contributed by atoms with E-state index in [9.17, 15) is 8.78 Å². The Labute approximate surface area is 158 Å². The van der Waals surface area contributed by atoms with Crippen molar-refractivity contribution >= 4 is 39.0 Å². The van der Waals surface area contributed by atoms with Gasteiger partial charge in [0, 0.05) is 39.4 Å². The van der Waals surface area contributed by atoms with Crippen LogP contribution in [-0.2, 0) is 6.42 Å². The first-order valence-electron chi connectivity index (χ1n) is 8.30. The molecule has 1 aliphatic rings. The number of hydrogen-bond donors (Lipinski definition) is 0. The monoisotopic (exact) mass is 389 g/mol. The largest absolute Gasteiger partial charge is 0.274 e. The molecule has 0 N–H and O–H groups in total. The molecule has 4 rings (SSSR count). The van der Waals surface area contributed by atoms with Gasteiger partial charge in [0.15, 0.2) is 11.6 Å². The summed E-state index contributed by atoms with van der Waals surface area (Å²) in [5.41, 5.74) is 2.73. The summed E-state index contributed by atoms with van der Waals surface area (Å²) in [7, 11) is 0. The summed E-state index contributed by atoms with van der Waals surface area (Å²) in [5, 5.41) is 1.47. The summed E-state index contributed by atoms with van der Waals surface area (Å²) in [6.07, 6.45) is 5.31. The zero-order chi connectivity index (χ0) is 18.3. The van der Waals surface area contributed by atoms with E-state index in [4.69, 9.17) is 4.99 Å². The standard InChI is InChI=1S/C19H17F2N3S2/c1-19(2)7-13(6-14-9-22-10-25-14)24-18(26-19)12-5-11-3-4-15(20)16(21)17(11)23-8-12/h3-5,8-10,13H,6-7H2,1-2H3. The van der Waals surface area contributed by atoms with E-state index in [1.54, 1.807) is 35.4 Å². The van der Waals surface area contributed by atoms with Gasteiger partial charge in [-0.15, -0.1) is 11.3 Å². The normalized spacial score (nSPS) is 19.5. The van der Waals surface area contributed by atoms with Gasteiger partial charge in [0.2, 0.25) is 0 Å². The molecule has 134 valence electrons. The zero-order valence-corrected chi connectivity index (χ0v) is 16.0. The molecular formula is C19H17F2N3S2. The van der Waals surface area contributed by atoms with Crippen molar-refractivity contribution in [2.75, 3.05) is 0 Å². The smallest absolute Gasteiger partial charge is 0.184 e. The van der Waals surface area contributed by atoms with Gasteiger partial charge in [0.25, 0.3) is 0 Å². The number of hydrogen-bond acceptors (Lipinski definition) is 5. The van der Waals surface area contributed by atoms with Crippen LogP contribution in [0.5, 0.6) is 0 Å². The zero-order valence-electron chi connectivity index (χ0n) is 14.4. The molecule has 3 aromatic rings. The number of thioether (sulfide) groups is 1. The van der Waals surface area contributed by atoms with Crippen molar-refractivity contribution < 1.29 is 8.78 Å². The highest BCUT2D eigenvalue weighted by Crippen LogP contribution is 2.39. The molecule has 1 aliphatic heterocycles. The molecule has 1 atom stereocenters. The Hall–Kier alpha value is -1.86. The van der Waals surface area contributed by atoms with Gasteiger partial charge in [-0.2, -0.15) is 0 Å². The van der Waals surface area contributed by atoms with Crippen LogP contribution in [-0.4, -0.2) is 25.8 Å². The van der Waals surface area contributed by atoms with Crippen molar-refractivity contribution in [2.45, 2.75) is 37.5 Å². The molecule has 0 spiro atoms. The van der Waals surface area contributed by atoms with Gasteiger partial charge in [-0.25, -0.2) is 8.78 Å². The number of nitrogens with zero attached hydrogens (tertiary/aromatic N) is 3. The van der Waals surface area contributed by atoms with Gasteiger partial charge in [0.1, 0.15) is 10.6 Å². The first kappa shape index (κ1) is 17.5. The highest BCUT2D eigenvalue weighted by molar-refractivity contribution is 8.15. The number of rotatable bonds is 3. The van der Waals surface area contributed by atoms with Gasteiger partial charge in [-0.1, -0.05) is 25.6 Å². The SMILES string of the molecule is CC1(C)CC(Cc2cncs2)N=C(c2cnc3c(F)c(F)ccc3c2)S1. The van der Waals surface area contributed by atoms with Gasteiger partial charge in [0.05, 0.1) is 11.6 Å². The van der Waals surface area contributed by atoms with E-state index >= 15 is 0 Å². The summed E-state index contributed by atoms with van der Waals surface area (Å²) in [5.74, 6) is -1.79. The molecule has 7 heteroatoms. The number of pyridine rings is 1. The average molecular weight is 389 g/mol. The minimum absolute atomic E-state index is 0.0371. The summed E-state index contributed by atoms with van der Waals surface area (Å²) < 4.78 is 27.3. The first-order valence-corrected chi connectivity index (χ1v) is 9.99. The fourth-order valence-corrected chi connectivity index (χ4v) is 5.09. The van der Waals surface area contributed by atoms with E-state index in [0.717, 1.165) is 29.5 Å². The number of aromatic nitrogens is 2. The Balaban J connectivity index is 1.71. The van der Waals surface area contributed by atoms with Crippen LogP contribution in [0.4, 0.5) is 8.78 Å². The van der Waals surface area contributed by atoms with Crippen LogP contribution < -0.4 is 0 Å². The summed E-state index contributed by atoms with van der Waals surface area (Å²) >= 11 is 3.35. The lowest BCUT2D eigenvalue weighted by atomic mass is 10.00. The average Bonchev–Trinajstić information content (AvgIpc) is 3.09. The second kappa shape index (κ2) is 6.70. The summed E-state index contributed by atoms with van der Waals surface area (Å²) in [6, 6.07) is 4.69. The van der Waals surface area contributed by atoms with Crippen molar-refractivity contribution in [3.05, 3.63) is 58.2 Å². The van der Waals surface area contributed by atoms with E-state index < -0.39 is 11.6 Å². The van der Waals surface area contributed by atoms with E-state index in [2.05, 4.69) is 23.8 Å². The number of fused-ring (bicyclic) bond motifs is 1. The molecule has 1 aromatic carbocycles. The quantitative estimate of drug-likeness (QED) is 0.615. The third-order valence-electron chi connectivity index (χ3n) is 4.31. The summed E-state index contributed by atoms with van der Waals surface area (Å²) in [6.45, 7) is 4.41. The molecule has 3 heterocycles. The predicted molar refractivity (Wildman–Crippen MR) is 104 cm³/mol. The van der Waals surface area contributed by atoms with Crippen LogP contribution in [0.3, 0.4) is 0 Å². The van der Waals surface area contributed by atoms with E-state index in [1.807, 2.05) is 17.8 Å². The number of halogens is 2. The Morgan fingerprint density at radius 1 is 1.23 bits per heavy atom. The second-order valence-electron chi connectivity index (χ2n) is 6.98. The van der Waals surface area contributed by atoms with Crippen molar-refractivity contribution in [3.63, 3.8) is 0 Å². The van der Waals surface area contributed by atoms with Crippen molar-refractivity contribution in [3.8, 4) is 0 Å². The van der Waals surface area contributed by atoms with Crippen LogP contribution in [0.1, 0.15) is 30.7 Å². The Morgan fingerprint density at radius 2 is 2.08 bits per heavy atom. The minimum atomic E-state index is -0.907. The van der Waals surface area contributed by atoms with E-state index in [0.29, 0.717) is 5.39 Å². The Kier molecular flexibility index (Phi) is 4.52. The lowest BCUT2D eigenvalue weighted by Gasteiger charge is -2.33. The molecular weight excluding hydrogens is 372 g/mol. The van der Waals surface area contributed by atoms with Crippen LogP contribution in [0.15, 0.2) is 41.1 Å². The molecule has 0 amide bonds. The first-order chi connectivity index (χ1) is 12.4. The molecule has 0 saturated carbocycles. The molecule has 1 unspecified atom stereocenters. The number of benzene rings is 1. The minimum Gasteiger partial charge on any atom is -0.274 e. The van der Waals surface area contributed by atoms with Crippen LogP contribution >= 0.6 is 23.1 Å². The molecule has 0 aliphatic carbocycles. The maximum Gasteiger partial charge on any atom is 0.184 e. The number of aliphatic imine (C=N–C) groups is 1. The second-order valence-corrected chi connectivity index (χ2v) is 9.65. The van der Waals surface area contributed by atoms with Gasteiger partial charge in [-0.3, -0.25) is 15.0 Å². The highest BCUT2D eigenvalue weighted by atomic mass is 32.2. The van der Waals surface area contributed by atoms with Crippen molar-refractivity contribution in [1.29, 1.82) is 0 Å². The Bertz CT molecular complexity index is 984. The molecule has 3 nitrogen and oxygen atoms in total. The summed E-state index contributed by atoms with van der Waals surface area (Å²) in [4.78, 5) is 14.4. The van der Waals surface area contributed by atoms with E-state index in [1.165, 1.54) is 4.88 Å². The Morgan fingerprint density at radius 3 is 2.85 bits per heavy atom. The molecule has 26 heavy (non-hydrogen) atoms. The molecule has 0 saturated heterocycles. The van der Waals surface area contributed by atoms with Gasteiger partial charge in [-0.05, 0) is 24.6 Å².